The molecular weight excluding hydrogens is 202 g/mol. The Morgan fingerprint density at radius 2 is 1.64 bits per heavy atom. The molecule has 0 fully saturated rings. The highest BCUT2D eigenvalue weighted by Gasteiger charge is 2.23. The van der Waals surface area contributed by atoms with Crippen molar-refractivity contribution < 1.29 is 26.4 Å². The number of carbonyl (C=O) groups is 1. The summed E-state index contributed by atoms with van der Waals surface area (Å²) in [6.45, 7) is 6.94. The molecule has 0 amide bonds. The number of quaternary nitrogens is 1. The quantitative estimate of drug-likeness (QED) is 0.421. The lowest BCUT2D eigenvalue weighted by Gasteiger charge is -2.24. The highest BCUT2D eigenvalue weighted by Crippen LogP contribution is 2.14. The summed E-state index contributed by atoms with van der Waals surface area (Å²) in [5, 5.41) is 0. The zero-order valence-corrected chi connectivity index (χ0v) is 10.8. The maximum Gasteiger partial charge on any atom is 0.311 e. The first-order valence-electron chi connectivity index (χ1n) is 4.60. The summed E-state index contributed by atoms with van der Waals surface area (Å²) in [6, 6.07) is 0. The predicted molar refractivity (Wildman–Crippen MR) is 53.3 cm³/mol. The van der Waals surface area contributed by atoms with Crippen LogP contribution in [0.1, 0.15) is 20.8 Å². The maximum absolute atomic E-state index is 11.3. The third-order valence-corrected chi connectivity index (χ3v) is 1.61. The number of ether oxygens (including phenoxy) is 1. The normalized spacial score (nSPS) is 11.9. The number of carbonyl (C=O) groups excluding carboxylic acids is 1. The van der Waals surface area contributed by atoms with Gasteiger partial charge in [-0.3, -0.25) is 4.79 Å². The first-order valence-corrected chi connectivity index (χ1v) is 4.60. The third kappa shape index (κ3) is 8.32. The molecule has 3 nitrogen and oxygen atoms in total. The van der Waals surface area contributed by atoms with Crippen LogP contribution in [0.4, 0.5) is 0 Å². The molecule has 0 rings (SSSR count). The molecule has 0 saturated carbocycles. The molecule has 0 N–H and O–H groups in total. The monoisotopic (exact) mass is 223 g/mol. The lowest BCUT2D eigenvalue weighted by molar-refractivity contribution is -0.870. The van der Waals surface area contributed by atoms with Gasteiger partial charge in [-0.05, 0) is 20.8 Å². The number of rotatable bonds is 3. The van der Waals surface area contributed by atoms with E-state index in [1.165, 1.54) is 0 Å². The summed E-state index contributed by atoms with van der Waals surface area (Å²) in [5.74, 6) is -0.124. The van der Waals surface area contributed by atoms with Gasteiger partial charge in [-0.25, -0.2) is 0 Å². The van der Waals surface area contributed by atoms with Gasteiger partial charge in [0, 0.05) is 0 Å². The molecule has 86 valence electrons. The van der Waals surface area contributed by atoms with Crippen LogP contribution in [-0.4, -0.2) is 44.7 Å². The minimum Gasteiger partial charge on any atom is -1.00 e. The van der Waals surface area contributed by atoms with Crippen molar-refractivity contribution in [2.45, 2.75) is 20.8 Å². The van der Waals surface area contributed by atoms with Crippen LogP contribution in [-0.2, 0) is 9.53 Å². The van der Waals surface area contributed by atoms with Crippen LogP contribution in [0.5, 0.6) is 0 Å². The topological polar surface area (TPSA) is 26.3 Å². The third-order valence-electron chi connectivity index (χ3n) is 1.61. The predicted octanol–water partition coefficient (Wildman–Crippen LogP) is -1.71. The second-order valence-electron chi connectivity index (χ2n) is 5.40. The Morgan fingerprint density at radius 3 is 1.93 bits per heavy atom. The van der Waals surface area contributed by atoms with E-state index in [0.717, 1.165) is 11.0 Å². The van der Waals surface area contributed by atoms with Crippen LogP contribution in [0, 0.1) is 5.41 Å². The standard InChI is InChI=1S/C10H22NO2.ClH/c1-10(2,3)9(12)13-8-7-11(4,5)6;/h7-8H2,1-6H3;1H/q+1;/p-1. The Hall–Kier alpha value is -0.280. The molecule has 4 heteroatoms. The minimum absolute atomic E-state index is 0. The Kier molecular flexibility index (Phi) is 6.42. The Labute approximate surface area is 93.4 Å². The minimum atomic E-state index is -0.384. The second kappa shape index (κ2) is 5.56. The van der Waals surface area contributed by atoms with E-state index < -0.39 is 0 Å². The fraction of sp³-hybridized carbons (Fsp3) is 0.900. The molecule has 0 aliphatic rings. The van der Waals surface area contributed by atoms with E-state index in [-0.39, 0.29) is 23.8 Å². The summed E-state index contributed by atoms with van der Waals surface area (Å²) in [4.78, 5) is 11.3. The molecule has 14 heavy (non-hydrogen) atoms. The highest BCUT2D eigenvalue weighted by molar-refractivity contribution is 5.75. The van der Waals surface area contributed by atoms with E-state index in [1.807, 2.05) is 20.8 Å². The molecule has 0 aromatic rings. The fourth-order valence-electron chi connectivity index (χ4n) is 0.629. The zero-order chi connectivity index (χ0) is 10.7. The number of likely N-dealkylation sites (N-methyl/N-ethyl adjacent to an activating group) is 1. The van der Waals surface area contributed by atoms with Gasteiger partial charge >= 0.3 is 5.97 Å². The molecule has 0 heterocycles. The van der Waals surface area contributed by atoms with E-state index in [2.05, 4.69) is 21.1 Å². The Morgan fingerprint density at radius 1 is 1.21 bits per heavy atom. The van der Waals surface area contributed by atoms with Crippen molar-refractivity contribution in [2.75, 3.05) is 34.3 Å². The van der Waals surface area contributed by atoms with Crippen molar-refractivity contribution in [1.82, 2.24) is 0 Å². The van der Waals surface area contributed by atoms with Crippen molar-refractivity contribution in [3.05, 3.63) is 0 Å². The summed E-state index contributed by atoms with van der Waals surface area (Å²) >= 11 is 0. The smallest absolute Gasteiger partial charge is 0.311 e. The highest BCUT2D eigenvalue weighted by atomic mass is 35.5. The molecule has 0 radical (unpaired) electrons. The summed E-state index contributed by atoms with van der Waals surface area (Å²) in [5.41, 5.74) is -0.384. The molecular formula is C10H22ClNO2. The maximum atomic E-state index is 11.3. The van der Waals surface area contributed by atoms with Crippen LogP contribution < -0.4 is 12.4 Å². The van der Waals surface area contributed by atoms with Crippen molar-refractivity contribution in [2.24, 2.45) is 5.41 Å². The lowest BCUT2D eigenvalue weighted by atomic mass is 9.97. The Bertz CT molecular complexity index is 180. The van der Waals surface area contributed by atoms with Gasteiger partial charge in [-0.1, -0.05) is 0 Å². The SMILES string of the molecule is CC(C)(C)C(=O)OCC[N+](C)(C)C.[Cl-]. The first kappa shape index (κ1) is 16.2. The molecule has 0 unspecified atom stereocenters. The molecule has 0 atom stereocenters. The average molecular weight is 224 g/mol. The largest absolute Gasteiger partial charge is 1.00 e. The summed E-state index contributed by atoms with van der Waals surface area (Å²) in [6.07, 6.45) is 0. The average Bonchev–Trinajstić information content (AvgIpc) is 1.82. The van der Waals surface area contributed by atoms with Crippen LogP contribution >= 0.6 is 0 Å². The second-order valence-corrected chi connectivity index (χ2v) is 5.40. The van der Waals surface area contributed by atoms with E-state index in [1.54, 1.807) is 0 Å². The molecule has 0 aromatic heterocycles. The van der Waals surface area contributed by atoms with Gasteiger partial charge in [0.25, 0.3) is 0 Å². The molecule has 0 aromatic carbocycles. The van der Waals surface area contributed by atoms with Gasteiger partial charge in [0.05, 0.1) is 26.6 Å². The number of hydrogen-bond acceptors (Lipinski definition) is 2. The van der Waals surface area contributed by atoms with Crippen LogP contribution in [0.25, 0.3) is 0 Å². The van der Waals surface area contributed by atoms with Gasteiger partial charge in [-0.15, -0.1) is 0 Å². The van der Waals surface area contributed by atoms with Crippen molar-refractivity contribution in [3.63, 3.8) is 0 Å². The molecule has 0 bridgehead atoms. The number of esters is 1. The van der Waals surface area contributed by atoms with Crippen LogP contribution in [0.2, 0.25) is 0 Å². The van der Waals surface area contributed by atoms with Gasteiger partial charge < -0.3 is 21.6 Å². The zero-order valence-electron chi connectivity index (χ0n) is 10.1. The first-order chi connectivity index (χ1) is 5.63. The summed E-state index contributed by atoms with van der Waals surface area (Å²) < 4.78 is 5.94. The Balaban J connectivity index is 0. The van der Waals surface area contributed by atoms with E-state index in [0.29, 0.717) is 6.61 Å². The number of nitrogens with zero attached hydrogens (tertiary/aromatic N) is 1. The number of halogens is 1. The molecule has 0 aliphatic heterocycles. The van der Waals surface area contributed by atoms with Gasteiger partial charge in [0.1, 0.15) is 13.2 Å². The lowest BCUT2D eigenvalue weighted by Crippen LogP contribution is -3.00. The molecule has 0 aliphatic carbocycles. The van der Waals surface area contributed by atoms with Gasteiger partial charge in [0.15, 0.2) is 0 Å². The number of hydrogen-bond donors (Lipinski definition) is 0. The van der Waals surface area contributed by atoms with E-state index >= 15 is 0 Å². The summed E-state index contributed by atoms with van der Waals surface area (Å²) in [7, 11) is 6.22. The fourth-order valence-corrected chi connectivity index (χ4v) is 0.629. The van der Waals surface area contributed by atoms with E-state index in [9.17, 15) is 4.79 Å². The van der Waals surface area contributed by atoms with E-state index in [4.69, 9.17) is 4.74 Å². The van der Waals surface area contributed by atoms with Crippen molar-refractivity contribution >= 4 is 5.97 Å². The van der Waals surface area contributed by atoms with Crippen LogP contribution in [0.3, 0.4) is 0 Å². The van der Waals surface area contributed by atoms with Gasteiger partial charge in [-0.2, -0.15) is 0 Å². The van der Waals surface area contributed by atoms with Gasteiger partial charge in [0.2, 0.25) is 0 Å². The van der Waals surface area contributed by atoms with Crippen LogP contribution in [0.15, 0.2) is 0 Å². The van der Waals surface area contributed by atoms with Crippen molar-refractivity contribution in [1.29, 1.82) is 0 Å². The molecule has 0 saturated heterocycles. The molecule has 0 spiro atoms. The van der Waals surface area contributed by atoms with Crippen molar-refractivity contribution in [3.8, 4) is 0 Å².